The van der Waals surface area contributed by atoms with Gasteiger partial charge >= 0.3 is 0 Å². The molecule has 0 heterocycles. The summed E-state index contributed by atoms with van der Waals surface area (Å²) >= 11 is 0. The van der Waals surface area contributed by atoms with Gasteiger partial charge in [-0.2, -0.15) is 8.42 Å². The van der Waals surface area contributed by atoms with Gasteiger partial charge in [0.25, 0.3) is 10.1 Å². The van der Waals surface area contributed by atoms with Crippen molar-refractivity contribution in [3.8, 4) is 0 Å². The molecule has 4 nitrogen and oxygen atoms in total. The van der Waals surface area contributed by atoms with E-state index in [0.717, 1.165) is 29.2 Å². The van der Waals surface area contributed by atoms with Crippen LogP contribution in [0.3, 0.4) is 0 Å². The maximum absolute atomic E-state index is 10.6. The van der Waals surface area contributed by atoms with E-state index in [4.69, 9.17) is 4.12 Å². The zero-order valence-electron chi connectivity index (χ0n) is 8.66. The molecule has 0 rings (SSSR count). The summed E-state index contributed by atoms with van der Waals surface area (Å²) in [5.74, 6) is 0. The molecule has 80 valence electrons. The van der Waals surface area contributed by atoms with Gasteiger partial charge in [-0.15, -0.1) is 0 Å². The van der Waals surface area contributed by atoms with Gasteiger partial charge in [-0.25, -0.2) is 0 Å². The van der Waals surface area contributed by atoms with Gasteiger partial charge in [-0.05, 0) is 25.6 Å². The highest BCUT2D eigenvalue weighted by Crippen LogP contribution is 2.12. The summed E-state index contributed by atoms with van der Waals surface area (Å²) in [5.41, 5.74) is 0. The average molecular weight is 242 g/mol. The van der Waals surface area contributed by atoms with Crippen LogP contribution in [-0.4, -0.2) is 40.1 Å². The Morgan fingerprint density at radius 1 is 1.38 bits per heavy atom. The molecule has 0 aliphatic carbocycles. The van der Waals surface area contributed by atoms with E-state index in [1.54, 1.807) is 0 Å². The van der Waals surface area contributed by atoms with Crippen molar-refractivity contribution in [1.82, 2.24) is 0 Å². The van der Waals surface area contributed by atoms with Crippen LogP contribution in [0.1, 0.15) is 6.42 Å². The van der Waals surface area contributed by atoms with Gasteiger partial charge in [0.1, 0.15) is 10.5 Å². The molecule has 0 radical (unpaired) electrons. The molecule has 0 fully saturated rings. The topological polar surface area (TPSA) is 52.6 Å². The minimum Gasteiger partial charge on any atom is -0.463 e. The quantitative estimate of drug-likeness (QED) is 0.369. The van der Waals surface area contributed by atoms with Crippen LogP contribution < -0.4 is 0 Å². The lowest BCUT2D eigenvalue weighted by molar-refractivity contribution is 0.319. The molecule has 0 saturated heterocycles. The Labute approximate surface area is 84.4 Å². The van der Waals surface area contributed by atoms with Crippen molar-refractivity contribution >= 4 is 28.9 Å². The van der Waals surface area contributed by atoms with Crippen molar-refractivity contribution in [3.63, 3.8) is 0 Å². The summed E-state index contributed by atoms with van der Waals surface area (Å²) in [4.78, 5) is 0. The summed E-state index contributed by atoms with van der Waals surface area (Å²) in [7, 11) is -3.99. The van der Waals surface area contributed by atoms with E-state index in [2.05, 4.69) is 17.3 Å². The first-order chi connectivity index (χ1) is 5.77. The first-order valence-electron chi connectivity index (χ1n) is 4.16. The number of hydrogen-bond donors (Lipinski definition) is 0. The maximum atomic E-state index is 10.6. The fourth-order valence-electron chi connectivity index (χ4n) is 0.810. The largest absolute Gasteiger partial charge is 0.463 e. The molecule has 13 heavy (non-hydrogen) atoms. The third kappa shape index (κ3) is 8.63. The van der Waals surface area contributed by atoms with Gasteiger partial charge in [-0.3, -0.25) is 4.18 Å². The highest BCUT2D eigenvalue weighted by atomic mass is 32.2. The Kier molecular flexibility index (Phi) is 5.37. The Morgan fingerprint density at radius 3 is 2.31 bits per heavy atom. The molecule has 0 N–H and O–H groups in total. The van der Waals surface area contributed by atoms with Crippen molar-refractivity contribution in [2.75, 3.05) is 12.9 Å². The van der Waals surface area contributed by atoms with Crippen LogP contribution in [0, 0.1) is 0 Å². The van der Waals surface area contributed by atoms with Crippen LogP contribution >= 0.6 is 0 Å². The molecule has 0 aromatic rings. The molecule has 0 aromatic heterocycles. The molecule has 0 aliphatic rings. The van der Waals surface area contributed by atoms with Gasteiger partial charge in [0.15, 0.2) is 8.32 Å². The molecule has 0 aromatic carbocycles. The van der Waals surface area contributed by atoms with Gasteiger partial charge in [0.05, 0.1) is 12.9 Å². The van der Waals surface area contributed by atoms with E-state index in [0.29, 0.717) is 0 Å². The van der Waals surface area contributed by atoms with Gasteiger partial charge in [0, 0.05) is 0 Å². The maximum Gasteiger partial charge on any atom is 0.264 e. The number of hydrogen-bond acceptors (Lipinski definition) is 4. The fourth-order valence-corrected chi connectivity index (χ4v) is 3.04. The van der Waals surface area contributed by atoms with E-state index < -0.39 is 18.4 Å². The SMILES string of the molecule is C[Si](C)(CCCOS(C)(=O)=O)O[SiH3]. The van der Waals surface area contributed by atoms with Crippen molar-refractivity contribution in [3.05, 3.63) is 0 Å². The molecule has 7 heteroatoms. The van der Waals surface area contributed by atoms with Crippen molar-refractivity contribution < 1.29 is 16.7 Å². The lowest BCUT2D eigenvalue weighted by Gasteiger charge is -2.19. The predicted molar refractivity (Wildman–Crippen MR) is 58.7 cm³/mol. The first-order valence-corrected chi connectivity index (χ1v) is 9.91. The Morgan fingerprint density at radius 2 is 1.92 bits per heavy atom. The van der Waals surface area contributed by atoms with Crippen LogP contribution in [0.25, 0.3) is 0 Å². The Bertz CT molecular complexity index is 237. The second kappa shape index (κ2) is 5.25. The molecule has 0 bridgehead atoms. The average Bonchev–Trinajstić information content (AvgIpc) is 1.97. The summed E-state index contributed by atoms with van der Waals surface area (Å²) in [6.07, 6.45) is 1.83. The van der Waals surface area contributed by atoms with Gasteiger partial charge in [-0.1, -0.05) is 0 Å². The third-order valence-electron chi connectivity index (χ3n) is 1.77. The van der Waals surface area contributed by atoms with Gasteiger partial charge < -0.3 is 4.12 Å². The molecule has 0 aliphatic heterocycles. The standard InChI is InChI=1S/C6H18O4SSi2/c1-11(7,8)9-5-4-6-13(2,3)10-12/h4-6H2,1-3,12H3. The minimum atomic E-state index is -3.27. The van der Waals surface area contributed by atoms with Gasteiger partial charge in [0.2, 0.25) is 0 Å². The second-order valence-corrected chi connectivity index (χ2v) is 10.9. The van der Waals surface area contributed by atoms with Crippen molar-refractivity contribution in [2.24, 2.45) is 0 Å². The molecule has 0 atom stereocenters. The smallest absolute Gasteiger partial charge is 0.264 e. The van der Waals surface area contributed by atoms with E-state index >= 15 is 0 Å². The van der Waals surface area contributed by atoms with Crippen LogP contribution in [0.5, 0.6) is 0 Å². The van der Waals surface area contributed by atoms with Crippen LogP contribution in [0.15, 0.2) is 0 Å². The van der Waals surface area contributed by atoms with Crippen molar-refractivity contribution in [2.45, 2.75) is 25.6 Å². The molecule has 0 spiro atoms. The highest BCUT2D eigenvalue weighted by Gasteiger charge is 2.19. The lowest BCUT2D eigenvalue weighted by atomic mass is 10.5. The lowest BCUT2D eigenvalue weighted by Crippen LogP contribution is -2.29. The van der Waals surface area contributed by atoms with E-state index in [1.807, 2.05) is 0 Å². The minimum absolute atomic E-state index is 0.278. The summed E-state index contributed by atoms with van der Waals surface area (Å²) < 4.78 is 31.2. The summed E-state index contributed by atoms with van der Waals surface area (Å²) in [6, 6.07) is 0.950. The molecular formula is C6H18O4SSi2. The Balaban J connectivity index is 3.58. The van der Waals surface area contributed by atoms with E-state index in [9.17, 15) is 8.42 Å². The van der Waals surface area contributed by atoms with Crippen LogP contribution in [0.2, 0.25) is 19.1 Å². The normalized spacial score (nSPS) is 13.5. The highest BCUT2D eigenvalue weighted by molar-refractivity contribution is 7.85. The van der Waals surface area contributed by atoms with Crippen molar-refractivity contribution in [1.29, 1.82) is 0 Å². The number of rotatable bonds is 6. The second-order valence-electron chi connectivity index (χ2n) is 3.59. The first kappa shape index (κ1) is 13.3. The monoisotopic (exact) mass is 242 g/mol. The van der Waals surface area contributed by atoms with Crippen LogP contribution in [-0.2, 0) is 18.4 Å². The Hall–Kier alpha value is 0.304. The molecule has 0 amide bonds. The molecular weight excluding hydrogens is 224 g/mol. The summed E-state index contributed by atoms with van der Waals surface area (Å²) in [5, 5.41) is 0. The third-order valence-corrected chi connectivity index (χ3v) is 8.35. The molecule has 0 saturated carbocycles. The van der Waals surface area contributed by atoms with E-state index in [-0.39, 0.29) is 6.61 Å². The molecule has 0 unspecified atom stereocenters. The predicted octanol–water partition coefficient (Wildman–Crippen LogP) is -0.145. The van der Waals surface area contributed by atoms with Crippen LogP contribution in [0.4, 0.5) is 0 Å². The zero-order valence-corrected chi connectivity index (χ0v) is 12.5. The van der Waals surface area contributed by atoms with E-state index in [1.165, 1.54) is 0 Å². The zero-order chi connectivity index (χ0) is 10.5. The fraction of sp³-hybridized carbons (Fsp3) is 1.00. The summed E-state index contributed by atoms with van der Waals surface area (Å²) in [6.45, 7) is 4.53.